The fraction of sp³-hybridized carbons (Fsp3) is 0.0204. The number of fused-ring (bicyclic) bond motifs is 8. The lowest BCUT2D eigenvalue weighted by Gasteiger charge is -2.12. The molecule has 254 valence electrons. The summed E-state index contributed by atoms with van der Waals surface area (Å²) in [4.78, 5) is 5.13. The van der Waals surface area contributed by atoms with Gasteiger partial charge in [-0.1, -0.05) is 140 Å². The van der Waals surface area contributed by atoms with Crippen LogP contribution in [-0.4, -0.2) is 14.1 Å². The van der Waals surface area contributed by atoms with E-state index >= 15 is 0 Å². The van der Waals surface area contributed by atoms with E-state index in [1.54, 1.807) is 0 Å². The number of rotatable bonds is 6. The molecule has 5 nitrogen and oxygen atoms in total. The SMILES string of the molecule is c1ccc(C[n+]2[n-]c(-c3ccccc3)nc2-c2ccc3ccc(-n4c5ccccc5c5c4ccc4c6ccccc6n(-c6ccccc6)c45)cc3c2)cc1. The van der Waals surface area contributed by atoms with Gasteiger partial charge in [0.15, 0.2) is 0 Å². The first-order chi connectivity index (χ1) is 26.8. The maximum atomic E-state index is 5.13. The Balaban J connectivity index is 1.12. The maximum Gasteiger partial charge on any atom is 0.126 e. The Morgan fingerprint density at radius 3 is 1.93 bits per heavy atom. The molecule has 0 aliphatic carbocycles. The third-order valence-electron chi connectivity index (χ3n) is 10.7. The smallest absolute Gasteiger partial charge is 0.126 e. The third kappa shape index (κ3) is 4.79. The van der Waals surface area contributed by atoms with E-state index in [0.717, 1.165) is 39.5 Å². The van der Waals surface area contributed by atoms with Crippen LogP contribution in [0.15, 0.2) is 188 Å². The Bertz CT molecular complexity index is 3170. The molecule has 8 aromatic carbocycles. The molecular formula is C49H33N5. The monoisotopic (exact) mass is 691 g/mol. The van der Waals surface area contributed by atoms with Crippen molar-refractivity contribution in [1.82, 2.24) is 19.2 Å². The fourth-order valence-corrected chi connectivity index (χ4v) is 8.28. The highest BCUT2D eigenvalue weighted by Gasteiger charge is 2.21. The van der Waals surface area contributed by atoms with E-state index in [-0.39, 0.29) is 0 Å². The minimum atomic E-state index is 0.629. The topological polar surface area (TPSA) is 40.7 Å². The number of hydrogen-bond donors (Lipinski definition) is 0. The van der Waals surface area contributed by atoms with E-state index in [4.69, 9.17) is 10.1 Å². The zero-order chi connectivity index (χ0) is 35.6. The summed E-state index contributed by atoms with van der Waals surface area (Å²) in [6.45, 7) is 0.629. The molecule has 0 saturated heterocycles. The summed E-state index contributed by atoms with van der Waals surface area (Å²) in [6.07, 6.45) is 0. The molecule has 0 unspecified atom stereocenters. The van der Waals surface area contributed by atoms with Crippen molar-refractivity contribution in [1.29, 1.82) is 0 Å². The van der Waals surface area contributed by atoms with E-state index in [2.05, 4.69) is 173 Å². The predicted octanol–water partition coefficient (Wildman–Crippen LogP) is 11.1. The zero-order valence-corrected chi connectivity index (χ0v) is 29.3. The first-order valence-electron chi connectivity index (χ1n) is 18.4. The molecule has 0 spiro atoms. The van der Waals surface area contributed by atoms with Crippen molar-refractivity contribution in [2.45, 2.75) is 6.54 Å². The number of aromatic nitrogens is 5. The van der Waals surface area contributed by atoms with Gasteiger partial charge in [0.2, 0.25) is 0 Å². The van der Waals surface area contributed by atoms with Crippen LogP contribution in [0.25, 0.3) is 88.5 Å². The average molecular weight is 692 g/mol. The lowest BCUT2D eigenvalue weighted by Crippen LogP contribution is -2.40. The molecular weight excluding hydrogens is 659 g/mol. The van der Waals surface area contributed by atoms with Gasteiger partial charge in [0.05, 0.1) is 22.1 Å². The van der Waals surface area contributed by atoms with Crippen molar-refractivity contribution >= 4 is 54.4 Å². The van der Waals surface area contributed by atoms with Crippen LogP contribution in [0, 0.1) is 0 Å². The minimum Gasteiger partial charge on any atom is -0.397 e. The first-order valence-corrected chi connectivity index (χ1v) is 18.4. The molecule has 3 aromatic heterocycles. The van der Waals surface area contributed by atoms with Crippen molar-refractivity contribution in [3.63, 3.8) is 0 Å². The Morgan fingerprint density at radius 1 is 0.463 bits per heavy atom. The molecule has 0 amide bonds. The molecule has 0 atom stereocenters. The van der Waals surface area contributed by atoms with Gasteiger partial charge in [-0.15, -0.1) is 0 Å². The number of para-hydroxylation sites is 3. The van der Waals surface area contributed by atoms with Crippen molar-refractivity contribution in [3.05, 3.63) is 194 Å². The van der Waals surface area contributed by atoms with Gasteiger partial charge in [-0.2, -0.15) is 0 Å². The molecule has 11 aromatic rings. The van der Waals surface area contributed by atoms with Gasteiger partial charge in [-0.25, -0.2) is 0 Å². The van der Waals surface area contributed by atoms with Crippen LogP contribution in [0.2, 0.25) is 0 Å². The molecule has 0 aliphatic rings. The Kier molecular flexibility index (Phi) is 6.85. The Morgan fingerprint density at radius 2 is 1.13 bits per heavy atom. The second-order valence-electron chi connectivity index (χ2n) is 13.9. The number of benzene rings is 8. The highest BCUT2D eigenvalue weighted by molar-refractivity contribution is 6.26. The zero-order valence-electron chi connectivity index (χ0n) is 29.3. The van der Waals surface area contributed by atoms with Gasteiger partial charge in [0.25, 0.3) is 0 Å². The van der Waals surface area contributed by atoms with Gasteiger partial charge in [-0.05, 0) is 76.3 Å². The summed E-state index contributed by atoms with van der Waals surface area (Å²) in [5.74, 6) is 1.57. The molecule has 0 aliphatic heterocycles. The van der Waals surface area contributed by atoms with Gasteiger partial charge >= 0.3 is 0 Å². The first kappa shape index (κ1) is 30.4. The second kappa shape index (κ2) is 12.2. The highest BCUT2D eigenvalue weighted by atomic mass is 15.3. The molecule has 11 rings (SSSR count). The number of hydrogen-bond acceptors (Lipinski definition) is 1. The Labute approximate surface area is 311 Å². The van der Waals surface area contributed by atoms with Crippen molar-refractivity contribution in [2.24, 2.45) is 0 Å². The molecule has 0 bridgehead atoms. The quantitative estimate of drug-likeness (QED) is 0.163. The molecule has 0 radical (unpaired) electrons. The molecule has 54 heavy (non-hydrogen) atoms. The van der Waals surface area contributed by atoms with Crippen LogP contribution in [0.5, 0.6) is 0 Å². The summed E-state index contributed by atoms with van der Waals surface area (Å²) in [5.41, 5.74) is 10.3. The van der Waals surface area contributed by atoms with Crippen LogP contribution in [0.1, 0.15) is 5.56 Å². The maximum absolute atomic E-state index is 5.13. The lowest BCUT2D eigenvalue weighted by atomic mass is 10.1. The average Bonchev–Trinajstić information content (AvgIpc) is 3.92. The molecule has 0 saturated carbocycles. The Hall–Kier alpha value is -7.24. The summed E-state index contributed by atoms with van der Waals surface area (Å²) < 4.78 is 6.90. The van der Waals surface area contributed by atoms with Gasteiger partial charge < -0.3 is 14.1 Å². The van der Waals surface area contributed by atoms with E-state index in [0.29, 0.717) is 6.54 Å². The standard InChI is InChI=1S/C49H33N5/c1-4-14-33(15-5-1)32-52-49(50-48(51-52)35-16-6-2-7-17-35)36-25-24-34-26-27-39(31-37(34)30-36)53-44-23-13-11-21-42(44)46-45(53)29-28-41-40-20-10-12-22-43(40)54(47(41)46)38-18-8-3-9-19-38/h1-31H,32H2. The summed E-state index contributed by atoms with van der Waals surface area (Å²) in [5, 5.41) is 12.3. The van der Waals surface area contributed by atoms with Gasteiger partial charge in [-0.3, -0.25) is 9.78 Å². The lowest BCUT2D eigenvalue weighted by molar-refractivity contribution is -0.737. The summed E-state index contributed by atoms with van der Waals surface area (Å²) in [7, 11) is 0. The van der Waals surface area contributed by atoms with E-state index < -0.39 is 0 Å². The minimum absolute atomic E-state index is 0.629. The van der Waals surface area contributed by atoms with E-state index in [1.807, 2.05) is 28.9 Å². The van der Waals surface area contributed by atoms with Gasteiger partial charge in [0, 0.05) is 38.5 Å². The molecule has 0 fully saturated rings. The van der Waals surface area contributed by atoms with Gasteiger partial charge in [0.1, 0.15) is 12.4 Å². The normalized spacial score (nSPS) is 11.8. The predicted molar refractivity (Wildman–Crippen MR) is 220 cm³/mol. The van der Waals surface area contributed by atoms with E-state index in [1.165, 1.54) is 54.6 Å². The summed E-state index contributed by atoms with van der Waals surface area (Å²) in [6, 6.07) is 67.0. The van der Waals surface area contributed by atoms with Crippen LogP contribution in [0.4, 0.5) is 0 Å². The van der Waals surface area contributed by atoms with Crippen LogP contribution < -0.4 is 9.78 Å². The fourth-order valence-electron chi connectivity index (χ4n) is 8.28. The summed E-state index contributed by atoms with van der Waals surface area (Å²) >= 11 is 0. The third-order valence-corrected chi connectivity index (χ3v) is 10.7. The highest BCUT2D eigenvalue weighted by Crippen LogP contribution is 2.42. The van der Waals surface area contributed by atoms with Crippen LogP contribution in [-0.2, 0) is 6.54 Å². The van der Waals surface area contributed by atoms with Crippen molar-refractivity contribution < 1.29 is 4.68 Å². The van der Waals surface area contributed by atoms with Crippen molar-refractivity contribution in [3.8, 4) is 34.2 Å². The molecule has 5 heteroatoms. The second-order valence-corrected chi connectivity index (χ2v) is 13.9. The molecule has 0 N–H and O–H groups in total. The number of nitrogens with zero attached hydrogens (tertiary/aromatic N) is 5. The van der Waals surface area contributed by atoms with Crippen molar-refractivity contribution in [2.75, 3.05) is 0 Å². The van der Waals surface area contributed by atoms with E-state index in [9.17, 15) is 0 Å². The largest absolute Gasteiger partial charge is 0.397 e. The van der Waals surface area contributed by atoms with Crippen LogP contribution >= 0.6 is 0 Å². The molecule has 3 heterocycles. The van der Waals surface area contributed by atoms with Crippen LogP contribution in [0.3, 0.4) is 0 Å².